The Bertz CT molecular complexity index is 393. The van der Waals surface area contributed by atoms with Gasteiger partial charge in [0.15, 0.2) is 0 Å². The lowest BCUT2D eigenvalue weighted by atomic mass is 9.94. The summed E-state index contributed by atoms with van der Waals surface area (Å²) in [5.74, 6) is -1.26. The molecule has 0 aromatic carbocycles. The number of rotatable bonds is 5. The first-order valence-corrected chi connectivity index (χ1v) is 6.99. The van der Waals surface area contributed by atoms with Crippen LogP contribution in [0.4, 0.5) is 3.89 Å². The van der Waals surface area contributed by atoms with Gasteiger partial charge < -0.3 is 10.0 Å². The summed E-state index contributed by atoms with van der Waals surface area (Å²) in [7, 11) is -4.53. The van der Waals surface area contributed by atoms with Gasteiger partial charge in [-0.05, 0) is 0 Å². The third-order valence-corrected chi connectivity index (χ3v) is 3.65. The van der Waals surface area contributed by atoms with Gasteiger partial charge in [-0.3, -0.25) is 4.79 Å². The maximum absolute atomic E-state index is 12.5. The van der Waals surface area contributed by atoms with E-state index in [-0.39, 0.29) is 25.5 Å². The number of carbonyl (C=O) groups excluding carboxylic acids is 1. The van der Waals surface area contributed by atoms with Gasteiger partial charge in [0.05, 0.1) is 5.75 Å². The van der Waals surface area contributed by atoms with E-state index in [9.17, 15) is 17.1 Å². The van der Waals surface area contributed by atoms with Crippen LogP contribution in [-0.2, 0) is 15.0 Å². The molecule has 1 unspecified atom stereocenters. The van der Waals surface area contributed by atoms with Crippen molar-refractivity contribution in [3.8, 4) is 0 Å². The fraction of sp³-hybridized carbons (Fsp3) is 0.900. The Morgan fingerprint density at radius 2 is 2.12 bits per heavy atom. The summed E-state index contributed by atoms with van der Waals surface area (Å²) in [4.78, 5) is 13.1. The second kappa shape index (κ2) is 4.89. The zero-order valence-corrected chi connectivity index (χ0v) is 10.8. The Morgan fingerprint density at radius 3 is 2.59 bits per heavy atom. The van der Waals surface area contributed by atoms with Gasteiger partial charge in [0.2, 0.25) is 5.91 Å². The monoisotopic (exact) mass is 267 g/mol. The fourth-order valence-corrected chi connectivity index (χ4v) is 2.75. The van der Waals surface area contributed by atoms with Crippen molar-refractivity contribution in [2.75, 3.05) is 25.4 Å². The normalized spacial score (nSPS) is 22.2. The molecule has 0 aromatic rings. The number of aliphatic hydroxyl groups is 1. The zero-order valence-electron chi connectivity index (χ0n) is 10.0. The molecule has 1 heterocycles. The van der Waals surface area contributed by atoms with Crippen LogP contribution in [0.25, 0.3) is 0 Å². The highest BCUT2D eigenvalue weighted by atomic mass is 32.3. The SMILES string of the molecule is CC(C)(CO)CN1CC(CS(=O)(=O)F)CC1=O. The minimum absolute atomic E-state index is 0.0602. The number of aliphatic hydroxyl groups excluding tert-OH is 1. The quantitative estimate of drug-likeness (QED) is 0.720. The molecule has 7 heteroatoms. The van der Waals surface area contributed by atoms with Crippen LogP contribution in [0, 0.1) is 11.3 Å². The zero-order chi connectivity index (χ0) is 13.3. The molecule has 100 valence electrons. The van der Waals surface area contributed by atoms with E-state index < -0.39 is 27.3 Å². The van der Waals surface area contributed by atoms with E-state index in [2.05, 4.69) is 0 Å². The summed E-state index contributed by atoms with van der Waals surface area (Å²) < 4.78 is 33.5. The molecule has 1 saturated heterocycles. The van der Waals surface area contributed by atoms with Crippen LogP contribution in [0.2, 0.25) is 0 Å². The van der Waals surface area contributed by atoms with Crippen LogP contribution in [0.1, 0.15) is 20.3 Å². The smallest absolute Gasteiger partial charge is 0.302 e. The lowest BCUT2D eigenvalue weighted by Gasteiger charge is -2.28. The molecule has 0 saturated carbocycles. The second-order valence-electron chi connectivity index (χ2n) is 5.37. The van der Waals surface area contributed by atoms with Gasteiger partial charge in [0.1, 0.15) is 0 Å². The maximum Gasteiger partial charge on any atom is 0.302 e. The molecule has 1 aliphatic heterocycles. The first-order chi connectivity index (χ1) is 7.63. The van der Waals surface area contributed by atoms with Crippen molar-refractivity contribution in [3.63, 3.8) is 0 Å². The third kappa shape index (κ3) is 4.59. The molecule has 1 fully saturated rings. The minimum Gasteiger partial charge on any atom is -0.396 e. The van der Waals surface area contributed by atoms with Crippen molar-refractivity contribution >= 4 is 16.1 Å². The second-order valence-corrected chi connectivity index (χ2v) is 6.78. The van der Waals surface area contributed by atoms with Crippen molar-refractivity contribution in [3.05, 3.63) is 0 Å². The van der Waals surface area contributed by atoms with Crippen molar-refractivity contribution in [2.24, 2.45) is 11.3 Å². The predicted octanol–water partition coefficient (Wildman–Crippen LogP) is 0.153. The molecule has 1 atom stereocenters. The van der Waals surface area contributed by atoms with Crippen LogP contribution in [-0.4, -0.2) is 49.8 Å². The van der Waals surface area contributed by atoms with Gasteiger partial charge in [-0.15, -0.1) is 3.89 Å². The first-order valence-electron chi connectivity index (χ1n) is 5.44. The molecule has 0 aliphatic carbocycles. The van der Waals surface area contributed by atoms with Crippen molar-refractivity contribution in [1.29, 1.82) is 0 Å². The summed E-state index contributed by atoms with van der Waals surface area (Å²) >= 11 is 0. The van der Waals surface area contributed by atoms with Crippen molar-refractivity contribution in [2.45, 2.75) is 20.3 Å². The standard InChI is InChI=1S/C10H18FNO4S/c1-10(2,7-13)6-12-4-8(3-9(12)14)5-17(11,15)16/h8,13H,3-7H2,1-2H3. The number of likely N-dealkylation sites (tertiary alicyclic amines) is 1. The molecule has 5 nitrogen and oxygen atoms in total. The summed E-state index contributed by atoms with van der Waals surface area (Å²) in [6.45, 7) is 4.14. The van der Waals surface area contributed by atoms with E-state index >= 15 is 0 Å². The number of carbonyl (C=O) groups is 1. The Balaban J connectivity index is 2.59. The summed E-state index contributed by atoms with van der Waals surface area (Å²) in [6.07, 6.45) is 0.0602. The van der Waals surface area contributed by atoms with Crippen LogP contribution in [0.3, 0.4) is 0 Å². The lowest BCUT2D eigenvalue weighted by molar-refractivity contribution is -0.129. The number of nitrogens with zero attached hydrogens (tertiary/aromatic N) is 1. The maximum atomic E-state index is 12.5. The van der Waals surface area contributed by atoms with Gasteiger partial charge in [-0.1, -0.05) is 13.8 Å². The largest absolute Gasteiger partial charge is 0.396 e. The predicted molar refractivity (Wildman–Crippen MR) is 60.4 cm³/mol. The summed E-state index contributed by atoms with van der Waals surface area (Å²) in [5.41, 5.74) is -0.431. The number of amides is 1. The number of hydrogen-bond donors (Lipinski definition) is 1. The molecule has 1 N–H and O–H groups in total. The van der Waals surface area contributed by atoms with Crippen LogP contribution >= 0.6 is 0 Å². The van der Waals surface area contributed by atoms with E-state index in [0.29, 0.717) is 6.54 Å². The highest BCUT2D eigenvalue weighted by Crippen LogP contribution is 2.24. The highest BCUT2D eigenvalue weighted by Gasteiger charge is 2.35. The molecule has 0 spiro atoms. The summed E-state index contributed by atoms with van der Waals surface area (Å²) in [5, 5.41) is 9.10. The molecule has 17 heavy (non-hydrogen) atoms. The Hall–Kier alpha value is -0.690. The molecule has 0 aromatic heterocycles. The Kier molecular flexibility index (Phi) is 4.14. The molecule has 1 aliphatic rings. The van der Waals surface area contributed by atoms with E-state index in [4.69, 9.17) is 5.11 Å². The summed E-state index contributed by atoms with van der Waals surface area (Å²) in [6, 6.07) is 0. The fourth-order valence-electron chi connectivity index (χ4n) is 1.97. The van der Waals surface area contributed by atoms with Gasteiger partial charge in [0.25, 0.3) is 0 Å². The molecule has 1 rings (SSSR count). The van der Waals surface area contributed by atoms with Crippen molar-refractivity contribution < 1.29 is 22.2 Å². The van der Waals surface area contributed by atoms with Gasteiger partial charge in [-0.2, -0.15) is 8.42 Å². The average Bonchev–Trinajstić information content (AvgIpc) is 2.43. The molecular formula is C10H18FNO4S. The highest BCUT2D eigenvalue weighted by molar-refractivity contribution is 7.86. The van der Waals surface area contributed by atoms with E-state index in [0.717, 1.165) is 0 Å². The Morgan fingerprint density at radius 1 is 1.53 bits per heavy atom. The first kappa shape index (κ1) is 14.4. The number of hydrogen-bond acceptors (Lipinski definition) is 4. The van der Waals surface area contributed by atoms with Crippen LogP contribution in [0.15, 0.2) is 0 Å². The topological polar surface area (TPSA) is 74.7 Å². The van der Waals surface area contributed by atoms with Gasteiger partial charge in [0, 0.05) is 37.5 Å². The van der Waals surface area contributed by atoms with Crippen molar-refractivity contribution in [1.82, 2.24) is 4.90 Å². The Labute approximate surface area is 101 Å². The van der Waals surface area contributed by atoms with E-state index in [1.54, 1.807) is 13.8 Å². The van der Waals surface area contributed by atoms with E-state index in [1.165, 1.54) is 4.90 Å². The number of halogens is 1. The molecule has 0 bridgehead atoms. The van der Waals surface area contributed by atoms with Gasteiger partial charge >= 0.3 is 10.2 Å². The molecule has 1 amide bonds. The van der Waals surface area contributed by atoms with E-state index in [1.807, 2.05) is 0 Å². The lowest BCUT2D eigenvalue weighted by Crippen LogP contribution is -2.37. The average molecular weight is 267 g/mol. The minimum atomic E-state index is -4.53. The molecular weight excluding hydrogens is 249 g/mol. The molecule has 0 radical (unpaired) electrons. The third-order valence-electron chi connectivity index (χ3n) is 2.78. The van der Waals surface area contributed by atoms with Gasteiger partial charge in [-0.25, -0.2) is 0 Å². The van der Waals surface area contributed by atoms with Crippen LogP contribution in [0.5, 0.6) is 0 Å². The van der Waals surface area contributed by atoms with Crippen LogP contribution < -0.4 is 0 Å².